The van der Waals surface area contributed by atoms with E-state index in [-0.39, 0.29) is 5.91 Å². The monoisotopic (exact) mass is 430 g/mol. The van der Waals surface area contributed by atoms with Gasteiger partial charge in [-0.15, -0.1) is 0 Å². The molecule has 0 unspecified atom stereocenters. The number of carbonyl (C=O) groups is 1. The van der Waals surface area contributed by atoms with Crippen LogP contribution in [0.1, 0.15) is 5.56 Å². The largest absolute Gasteiger partial charge is 0.351 e. The van der Waals surface area contributed by atoms with Crippen molar-refractivity contribution in [3.63, 3.8) is 0 Å². The lowest BCUT2D eigenvalue weighted by atomic mass is 10.2. The van der Waals surface area contributed by atoms with Crippen LogP contribution in [0.2, 0.25) is 0 Å². The molecule has 0 aliphatic carbocycles. The van der Waals surface area contributed by atoms with Gasteiger partial charge in [-0.3, -0.25) is 9.69 Å². The van der Waals surface area contributed by atoms with Crippen molar-refractivity contribution in [2.75, 3.05) is 65.7 Å². The Balaban J connectivity index is 1.72. The summed E-state index contributed by atoms with van der Waals surface area (Å²) in [6.45, 7) is 3.13. The van der Waals surface area contributed by atoms with Crippen molar-refractivity contribution in [2.45, 2.75) is 6.54 Å². The van der Waals surface area contributed by atoms with E-state index in [2.05, 4.69) is 33.7 Å². The second-order valence-corrected chi connectivity index (χ2v) is 10.9. The van der Waals surface area contributed by atoms with Gasteiger partial charge >= 0.3 is 0 Å². The molecule has 26 heavy (non-hydrogen) atoms. The van der Waals surface area contributed by atoms with Gasteiger partial charge in [0, 0.05) is 65.7 Å². The van der Waals surface area contributed by atoms with Crippen molar-refractivity contribution in [1.82, 2.24) is 10.2 Å². The molecule has 1 aromatic rings. The van der Waals surface area contributed by atoms with Crippen LogP contribution >= 0.6 is 47.0 Å². The first kappa shape index (κ1) is 22.3. The normalized spacial score (nSPS) is 19.2. The first-order valence-corrected chi connectivity index (χ1v) is 13.8. The van der Waals surface area contributed by atoms with Crippen LogP contribution < -0.4 is 5.32 Å². The maximum atomic E-state index is 12.3. The number of thioether (sulfide) groups is 4. The summed E-state index contributed by atoms with van der Waals surface area (Å²) in [5.74, 6) is 9.86. The van der Waals surface area contributed by atoms with Gasteiger partial charge in [0.25, 0.3) is 0 Å². The van der Waals surface area contributed by atoms with Crippen LogP contribution in [-0.2, 0) is 11.3 Å². The topological polar surface area (TPSA) is 32.3 Å². The maximum absolute atomic E-state index is 12.3. The van der Waals surface area contributed by atoms with E-state index >= 15 is 0 Å². The summed E-state index contributed by atoms with van der Waals surface area (Å²) >= 11 is 8.19. The van der Waals surface area contributed by atoms with Gasteiger partial charge in [-0.2, -0.15) is 47.0 Å². The Morgan fingerprint density at radius 3 is 1.85 bits per heavy atom. The number of nitrogens with one attached hydrogen (secondary N) is 1. The van der Waals surface area contributed by atoms with Gasteiger partial charge < -0.3 is 5.32 Å². The van der Waals surface area contributed by atoms with Gasteiger partial charge in [-0.25, -0.2) is 0 Å². The zero-order valence-corrected chi connectivity index (χ0v) is 18.6. The maximum Gasteiger partial charge on any atom is 0.234 e. The number of nitrogens with zero attached hydrogens (tertiary/aromatic N) is 1. The molecule has 2 rings (SSSR count). The Hall–Kier alpha value is 0.0500. The molecule has 3 nitrogen and oxygen atoms in total. The summed E-state index contributed by atoms with van der Waals surface area (Å²) in [5, 5.41) is 3.06. The molecule has 0 saturated carbocycles. The van der Waals surface area contributed by atoms with E-state index in [1.54, 1.807) is 0 Å². The molecule has 1 saturated heterocycles. The van der Waals surface area contributed by atoms with Crippen LogP contribution in [0.4, 0.5) is 0 Å². The van der Waals surface area contributed by atoms with Crippen LogP contribution in [-0.4, -0.2) is 76.5 Å². The van der Waals surface area contributed by atoms with Gasteiger partial charge in [0.1, 0.15) is 0 Å². The standard InChI is InChI=1S/C19H30N2OS4/c22-19(20-16-18-4-2-1-3-5-18)17-21-6-8-23-10-12-25-14-15-26-13-11-24-9-7-21/h1-5H,6-17H2,(H,20,22). The van der Waals surface area contributed by atoms with E-state index in [0.29, 0.717) is 13.1 Å². The van der Waals surface area contributed by atoms with E-state index in [9.17, 15) is 4.79 Å². The van der Waals surface area contributed by atoms with Crippen LogP contribution in [0.3, 0.4) is 0 Å². The first-order valence-electron chi connectivity index (χ1n) is 9.18. The van der Waals surface area contributed by atoms with E-state index in [4.69, 9.17) is 0 Å². The molecule has 0 atom stereocenters. The van der Waals surface area contributed by atoms with E-state index in [1.807, 2.05) is 53.9 Å². The van der Waals surface area contributed by atoms with Crippen LogP contribution in [0.5, 0.6) is 0 Å². The summed E-state index contributed by atoms with van der Waals surface area (Å²) in [4.78, 5) is 14.7. The smallest absolute Gasteiger partial charge is 0.234 e. The molecule has 1 heterocycles. The highest BCUT2D eigenvalue weighted by Gasteiger charge is 2.11. The number of benzene rings is 1. The summed E-state index contributed by atoms with van der Waals surface area (Å²) < 4.78 is 0. The van der Waals surface area contributed by atoms with Gasteiger partial charge in [-0.05, 0) is 5.56 Å². The average molecular weight is 431 g/mol. The average Bonchev–Trinajstić information content (AvgIpc) is 2.67. The third-order valence-electron chi connectivity index (χ3n) is 3.92. The highest BCUT2D eigenvalue weighted by molar-refractivity contribution is 8.05. The highest BCUT2D eigenvalue weighted by Crippen LogP contribution is 2.13. The first-order chi connectivity index (χ1) is 12.8. The van der Waals surface area contributed by atoms with E-state index < -0.39 is 0 Å². The van der Waals surface area contributed by atoms with Gasteiger partial charge in [0.05, 0.1) is 6.54 Å². The summed E-state index contributed by atoms with van der Waals surface area (Å²) in [5.41, 5.74) is 1.15. The third kappa shape index (κ3) is 11.0. The molecule has 1 amide bonds. The Morgan fingerprint density at radius 1 is 0.808 bits per heavy atom. The Bertz CT molecular complexity index is 474. The van der Waals surface area contributed by atoms with Crippen molar-refractivity contribution in [3.8, 4) is 0 Å². The minimum Gasteiger partial charge on any atom is -0.351 e. The minimum absolute atomic E-state index is 0.132. The predicted molar refractivity (Wildman–Crippen MR) is 124 cm³/mol. The fraction of sp³-hybridized carbons (Fsp3) is 0.632. The molecule has 0 radical (unpaired) electrons. The molecule has 1 aliphatic heterocycles. The van der Waals surface area contributed by atoms with Crippen LogP contribution in [0.15, 0.2) is 30.3 Å². The fourth-order valence-corrected chi connectivity index (χ4v) is 6.89. The van der Waals surface area contributed by atoms with Crippen molar-refractivity contribution in [2.24, 2.45) is 0 Å². The van der Waals surface area contributed by atoms with Crippen molar-refractivity contribution in [1.29, 1.82) is 0 Å². The van der Waals surface area contributed by atoms with Crippen LogP contribution in [0, 0.1) is 0 Å². The molecule has 0 spiro atoms. The van der Waals surface area contributed by atoms with Crippen LogP contribution in [0.25, 0.3) is 0 Å². The number of rotatable bonds is 4. The van der Waals surface area contributed by atoms with Crippen molar-refractivity contribution >= 4 is 53.0 Å². The summed E-state index contributed by atoms with van der Waals surface area (Å²) in [6, 6.07) is 10.1. The van der Waals surface area contributed by atoms with Crippen molar-refractivity contribution < 1.29 is 4.79 Å². The Kier molecular flexibility index (Phi) is 12.9. The molecule has 146 valence electrons. The third-order valence-corrected chi connectivity index (χ3v) is 8.59. The second-order valence-electron chi connectivity index (χ2n) is 5.99. The number of hydrogen-bond donors (Lipinski definition) is 1. The Morgan fingerprint density at radius 2 is 1.31 bits per heavy atom. The van der Waals surface area contributed by atoms with Gasteiger partial charge in [0.2, 0.25) is 5.91 Å². The summed E-state index contributed by atoms with van der Waals surface area (Å²) in [7, 11) is 0. The molecule has 1 N–H and O–H groups in total. The molecule has 1 fully saturated rings. The highest BCUT2D eigenvalue weighted by atomic mass is 32.2. The molecule has 0 bridgehead atoms. The molecular formula is C19H30N2OS4. The fourth-order valence-electron chi connectivity index (χ4n) is 2.47. The SMILES string of the molecule is O=C(CN1CCSCCSCCSCCSCC1)NCc1ccccc1. The molecule has 1 aromatic carbocycles. The molecule has 7 heteroatoms. The number of carbonyl (C=O) groups excluding carboxylic acids is 1. The number of amides is 1. The zero-order valence-electron chi connectivity index (χ0n) is 15.4. The Labute approximate surface area is 175 Å². The van der Waals surface area contributed by atoms with Gasteiger partial charge in [0.15, 0.2) is 0 Å². The lowest BCUT2D eigenvalue weighted by molar-refractivity contribution is -0.122. The van der Waals surface area contributed by atoms with Crippen molar-refractivity contribution in [3.05, 3.63) is 35.9 Å². The van der Waals surface area contributed by atoms with E-state index in [0.717, 1.165) is 30.2 Å². The number of hydrogen-bond acceptors (Lipinski definition) is 6. The van der Waals surface area contributed by atoms with Gasteiger partial charge in [-0.1, -0.05) is 30.3 Å². The zero-order chi connectivity index (χ0) is 18.3. The predicted octanol–water partition coefficient (Wildman–Crippen LogP) is 3.55. The van der Waals surface area contributed by atoms with E-state index in [1.165, 1.54) is 34.5 Å². The minimum atomic E-state index is 0.132. The molecule has 1 aliphatic rings. The lowest BCUT2D eigenvalue weighted by Gasteiger charge is -2.21. The quantitative estimate of drug-likeness (QED) is 0.786. The molecule has 0 aromatic heterocycles. The summed E-state index contributed by atoms with van der Waals surface area (Å²) in [6.07, 6.45) is 0. The lowest BCUT2D eigenvalue weighted by Crippen LogP contribution is -2.39. The second kappa shape index (κ2) is 15.0. The molecular weight excluding hydrogens is 400 g/mol.